The summed E-state index contributed by atoms with van der Waals surface area (Å²) < 4.78 is 0. The van der Waals surface area contributed by atoms with E-state index in [1.54, 1.807) is 0 Å². The average molecular weight is 282 g/mol. The van der Waals surface area contributed by atoms with Gasteiger partial charge in [-0.15, -0.1) is 0 Å². The summed E-state index contributed by atoms with van der Waals surface area (Å²) in [7, 11) is 0. The molecule has 0 spiro atoms. The van der Waals surface area contributed by atoms with Crippen molar-refractivity contribution in [1.29, 1.82) is 0 Å². The van der Waals surface area contributed by atoms with E-state index in [4.69, 9.17) is 0 Å². The molecule has 0 aromatic heterocycles. The van der Waals surface area contributed by atoms with Crippen LogP contribution in [0.15, 0.2) is 0 Å². The first kappa shape index (κ1) is 20.0. The summed E-state index contributed by atoms with van der Waals surface area (Å²) in [4.78, 5) is 0. The summed E-state index contributed by atoms with van der Waals surface area (Å²) in [6.07, 6.45) is 24.0. The minimum absolute atomic E-state index is 0.939. The Morgan fingerprint density at radius 3 is 1.55 bits per heavy atom. The minimum atomic E-state index is 0.939. The van der Waals surface area contributed by atoms with Gasteiger partial charge in [-0.1, -0.05) is 117 Å². The molecule has 0 aliphatic rings. The maximum atomic E-state index is 2.42. The van der Waals surface area contributed by atoms with Crippen LogP contribution in [0.4, 0.5) is 0 Å². The van der Waals surface area contributed by atoms with Crippen molar-refractivity contribution in [2.45, 2.75) is 117 Å². The predicted octanol–water partition coefficient (Wildman–Crippen LogP) is 7.72. The number of hydrogen-bond donors (Lipinski definition) is 0. The van der Waals surface area contributed by atoms with E-state index in [0.717, 1.165) is 5.92 Å². The quantitative estimate of drug-likeness (QED) is 0.254. The highest BCUT2D eigenvalue weighted by molar-refractivity contribution is 4.61. The Kier molecular flexibility index (Phi) is 17.1. The second kappa shape index (κ2) is 17.1. The summed E-state index contributed by atoms with van der Waals surface area (Å²) >= 11 is 0. The molecule has 0 nitrogen and oxygen atoms in total. The Bertz CT molecular complexity index is 161. The lowest BCUT2D eigenvalue weighted by atomic mass is 9.97. The zero-order chi connectivity index (χ0) is 14.9. The molecule has 1 radical (unpaired) electrons. The number of rotatable bonds is 16. The normalized spacial score (nSPS) is 12.8. The highest BCUT2D eigenvalue weighted by Gasteiger charge is 2.01. The lowest BCUT2D eigenvalue weighted by Gasteiger charge is -2.10. The smallest absolute Gasteiger partial charge is 0.0417 e. The van der Waals surface area contributed by atoms with E-state index < -0.39 is 0 Å². The van der Waals surface area contributed by atoms with E-state index in [1.807, 2.05) is 0 Å². The molecule has 121 valence electrons. The molecule has 0 N–H and O–H groups in total. The van der Waals surface area contributed by atoms with Crippen molar-refractivity contribution in [2.24, 2.45) is 5.92 Å². The largest absolute Gasteiger partial charge is 0.0654 e. The zero-order valence-electron chi connectivity index (χ0n) is 14.8. The molecule has 0 bridgehead atoms. The van der Waals surface area contributed by atoms with Crippen molar-refractivity contribution >= 4 is 0 Å². The van der Waals surface area contributed by atoms with Crippen LogP contribution in [0.2, 0.25) is 0 Å². The van der Waals surface area contributed by atoms with Crippen LogP contribution in [0.5, 0.6) is 0 Å². The molecule has 1 atom stereocenters. The highest BCUT2D eigenvalue weighted by atomic mass is 14.1. The molecule has 0 heterocycles. The average Bonchev–Trinajstić information content (AvgIpc) is 2.46. The maximum Gasteiger partial charge on any atom is -0.0417 e. The van der Waals surface area contributed by atoms with E-state index in [9.17, 15) is 0 Å². The van der Waals surface area contributed by atoms with Crippen molar-refractivity contribution in [3.63, 3.8) is 0 Å². The standard InChI is InChI=1S/C20H41/c1-4-6-8-9-10-11-12-13-14-15-16-17-19-20(3)18-7-5-2/h5,20H,4,6-19H2,1-3H3. The van der Waals surface area contributed by atoms with Crippen LogP contribution in [-0.4, -0.2) is 0 Å². The van der Waals surface area contributed by atoms with E-state index in [-0.39, 0.29) is 0 Å². The molecule has 0 amide bonds. The van der Waals surface area contributed by atoms with Crippen LogP contribution >= 0.6 is 0 Å². The minimum Gasteiger partial charge on any atom is -0.0654 e. The summed E-state index contributed by atoms with van der Waals surface area (Å²) in [5, 5.41) is 0. The summed E-state index contributed by atoms with van der Waals surface area (Å²) in [6.45, 7) is 6.89. The lowest BCUT2D eigenvalue weighted by Crippen LogP contribution is -1.94. The molecule has 0 fully saturated rings. The Morgan fingerprint density at radius 1 is 0.650 bits per heavy atom. The van der Waals surface area contributed by atoms with Crippen molar-refractivity contribution in [1.82, 2.24) is 0 Å². The molecular weight excluding hydrogens is 240 g/mol. The molecule has 0 aliphatic heterocycles. The van der Waals surface area contributed by atoms with E-state index in [2.05, 4.69) is 27.2 Å². The van der Waals surface area contributed by atoms with E-state index in [0.29, 0.717) is 0 Å². The van der Waals surface area contributed by atoms with Gasteiger partial charge in [-0.25, -0.2) is 0 Å². The first-order chi connectivity index (χ1) is 9.81. The second-order valence-corrected chi connectivity index (χ2v) is 6.77. The fourth-order valence-corrected chi connectivity index (χ4v) is 2.93. The Balaban J connectivity index is 3.02. The molecule has 0 saturated carbocycles. The van der Waals surface area contributed by atoms with Gasteiger partial charge in [0.25, 0.3) is 0 Å². The lowest BCUT2D eigenvalue weighted by molar-refractivity contribution is 0.452. The third kappa shape index (κ3) is 16.1. The van der Waals surface area contributed by atoms with Gasteiger partial charge >= 0.3 is 0 Å². The monoisotopic (exact) mass is 281 g/mol. The van der Waals surface area contributed by atoms with Crippen LogP contribution < -0.4 is 0 Å². The van der Waals surface area contributed by atoms with E-state index in [1.165, 1.54) is 96.3 Å². The van der Waals surface area contributed by atoms with Crippen molar-refractivity contribution in [2.75, 3.05) is 0 Å². The third-order valence-corrected chi connectivity index (χ3v) is 4.50. The van der Waals surface area contributed by atoms with Crippen molar-refractivity contribution in [3.05, 3.63) is 6.42 Å². The summed E-state index contributed by atoms with van der Waals surface area (Å²) in [6, 6.07) is 0. The predicted molar refractivity (Wildman–Crippen MR) is 94.1 cm³/mol. The molecular formula is C20H41. The number of hydrogen-bond acceptors (Lipinski definition) is 0. The first-order valence-electron chi connectivity index (χ1n) is 9.59. The molecule has 0 aromatic rings. The van der Waals surface area contributed by atoms with Gasteiger partial charge in [-0.05, 0) is 12.3 Å². The van der Waals surface area contributed by atoms with Crippen LogP contribution in [0, 0.1) is 12.3 Å². The zero-order valence-corrected chi connectivity index (χ0v) is 14.8. The van der Waals surface area contributed by atoms with Gasteiger partial charge in [0.2, 0.25) is 0 Å². The molecule has 20 heavy (non-hydrogen) atoms. The maximum absolute atomic E-state index is 2.42. The highest BCUT2D eigenvalue weighted by Crippen LogP contribution is 2.17. The summed E-state index contributed by atoms with van der Waals surface area (Å²) in [5.74, 6) is 0.939. The van der Waals surface area contributed by atoms with E-state index >= 15 is 0 Å². The third-order valence-electron chi connectivity index (χ3n) is 4.50. The molecule has 0 rings (SSSR count). The van der Waals surface area contributed by atoms with Crippen LogP contribution in [-0.2, 0) is 0 Å². The fraction of sp³-hybridized carbons (Fsp3) is 0.950. The van der Waals surface area contributed by atoms with Crippen LogP contribution in [0.25, 0.3) is 0 Å². The molecule has 1 unspecified atom stereocenters. The van der Waals surface area contributed by atoms with Crippen molar-refractivity contribution < 1.29 is 0 Å². The molecule has 0 heteroatoms. The van der Waals surface area contributed by atoms with Crippen molar-refractivity contribution in [3.8, 4) is 0 Å². The summed E-state index contributed by atoms with van der Waals surface area (Å²) in [5.41, 5.74) is 0. The molecule has 0 aromatic carbocycles. The first-order valence-corrected chi connectivity index (χ1v) is 9.59. The van der Waals surface area contributed by atoms with Crippen LogP contribution in [0.1, 0.15) is 117 Å². The number of unbranched alkanes of at least 4 members (excludes halogenated alkanes) is 12. The molecule has 0 saturated heterocycles. The van der Waals surface area contributed by atoms with Gasteiger partial charge in [0.15, 0.2) is 0 Å². The van der Waals surface area contributed by atoms with Gasteiger partial charge in [0.1, 0.15) is 0 Å². The molecule has 0 aliphatic carbocycles. The SMILES string of the molecule is C[CH]CCC(C)CCCCCCCCCCCCCC. The van der Waals surface area contributed by atoms with Gasteiger partial charge in [-0.2, -0.15) is 0 Å². The van der Waals surface area contributed by atoms with Gasteiger partial charge < -0.3 is 0 Å². The topological polar surface area (TPSA) is 0 Å². The fourth-order valence-electron chi connectivity index (χ4n) is 2.93. The Morgan fingerprint density at radius 2 is 1.10 bits per heavy atom. The Hall–Kier alpha value is 0. The second-order valence-electron chi connectivity index (χ2n) is 6.77. The van der Waals surface area contributed by atoms with Gasteiger partial charge in [0, 0.05) is 0 Å². The Labute approximate surface area is 130 Å². The van der Waals surface area contributed by atoms with Crippen LogP contribution in [0.3, 0.4) is 0 Å². The van der Waals surface area contributed by atoms with Gasteiger partial charge in [0.05, 0.1) is 0 Å². The van der Waals surface area contributed by atoms with Gasteiger partial charge in [-0.3, -0.25) is 0 Å².